The monoisotopic (exact) mass is 794 g/mol. The summed E-state index contributed by atoms with van der Waals surface area (Å²) in [6, 6.07) is 0. The number of carbonyl (C=O) groups excluding carboxylic acids is 2. The van der Waals surface area contributed by atoms with Crippen molar-refractivity contribution < 1.29 is 37.6 Å². The first-order chi connectivity index (χ1) is 26.8. The molecule has 0 aromatic rings. The maximum absolute atomic E-state index is 12.6. The van der Waals surface area contributed by atoms with E-state index in [9.17, 15) is 19.0 Å². The molecule has 0 aliphatic carbocycles. The van der Waals surface area contributed by atoms with Crippen LogP contribution in [0.3, 0.4) is 0 Å². The molecule has 0 amide bonds. The zero-order chi connectivity index (χ0) is 40.3. The number of unbranched alkanes of at least 4 members (excludes halogenated alkanes) is 17. The van der Waals surface area contributed by atoms with E-state index in [1.807, 2.05) is 0 Å². The number of esters is 2. The van der Waals surface area contributed by atoms with Gasteiger partial charge in [0.2, 0.25) is 0 Å². The van der Waals surface area contributed by atoms with Gasteiger partial charge < -0.3 is 20.1 Å². The van der Waals surface area contributed by atoms with Crippen molar-refractivity contribution in [2.75, 3.05) is 26.4 Å². The van der Waals surface area contributed by atoms with Crippen LogP contribution in [0, 0.1) is 0 Å². The summed E-state index contributed by atoms with van der Waals surface area (Å²) in [6.45, 7) is 3.58. The second kappa shape index (κ2) is 41.3. The number of hydrogen-bond donors (Lipinski definition) is 2. The molecule has 0 fully saturated rings. The van der Waals surface area contributed by atoms with Gasteiger partial charge in [0, 0.05) is 19.4 Å². The summed E-state index contributed by atoms with van der Waals surface area (Å²) < 4.78 is 32.7. The molecule has 318 valence electrons. The Morgan fingerprint density at radius 3 is 1.49 bits per heavy atom. The second-order valence-corrected chi connectivity index (χ2v) is 15.6. The quantitative estimate of drug-likeness (QED) is 0.0269. The third-order valence-electron chi connectivity index (χ3n) is 8.92. The highest BCUT2D eigenvalue weighted by atomic mass is 31.2. The average molecular weight is 794 g/mol. The molecule has 0 aliphatic rings. The maximum atomic E-state index is 12.6. The lowest BCUT2D eigenvalue weighted by atomic mass is 10.0. The third-order valence-corrected chi connectivity index (χ3v) is 9.90. The van der Waals surface area contributed by atoms with Crippen molar-refractivity contribution in [1.82, 2.24) is 0 Å². The van der Waals surface area contributed by atoms with Crippen LogP contribution < -0.4 is 5.73 Å². The van der Waals surface area contributed by atoms with Crippen LogP contribution in [0.2, 0.25) is 0 Å². The van der Waals surface area contributed by atoms with Crippen molar-refractivity contribution in [1.29, 1.82) is 0 Å². The smallest absolute Gasteiger partial charge is 0.462 e. The predicted octanol–water partition coefficient (Wildman–Crippen LogP) is 12.5. The molecule has 0 saturated heterocycles. The molecule has 0 aromatic heterocycles. The van der Waals surface area contributed by atoms with Gasteiger partial charge in [-0.3, -0.25) is 18.6 Å². The summed E-state index contributed by atoms with van der Waals surface area (Å²) in [6.07, 6.45) is 48.2. The Balaban J connectivity index is 4.22. The third kappa shape index (κ3) is 41.2. The van der Waals surface area contributed by atoms with Crippen molar-refractivity contribution in [2.24, 2.45) is 5.73 Å². The van der Waals surface area contributed by atoms with E-state index in [4.69, 9.17) is 24.3 Å². The minimum absolute atomic E-state index is 0.0460. The molecular formula is C45H80NO8P. The van der Waals surface area contributed by atoms with E-state index in [2.05, 4.69) is 74.6 Å². The van der Waals surface area contributed by atoms with E-state index >= 15 is 0 Å². The summed E-state index contributed by atoms with van der Waals surface area (Å²) in [7, 11) is -4.39. The van der Waals surface area contributed by atoms with Gasteiger partial charge in [0.1, 0.15) is 6.61 Å². The average Bonchev–Trinajstić information content (AvgIpc) is 3.17. The second-order valence-electron chi connectivity index (χ2n) is 14.2. The molecular weight excluding hydrogens is 713 g/mol. The Hall–Kier alpha value is -2.29. The minimum atomic E-state index is -4.39. The van der Waals surface area contributed by atoms with Crippen LogP contribution >= 0.6 is 7.82 Å². The zero-order valence-corrected chi connectivity index (χ0v) is 35.8. The zero-order valence-electron chi connectivity index (χ0n) is 34.9. The van der Waals surface area contributed by atoms with E-state index in [0.717, 1.165) is 70.6 Å². The molecule has 0 aromatic carbocycles. The number of carbonyl (C=O) groups is 2. The minimum Gasteiger partial charge on any atom is -0.462 e. The lowest BCUT2D eigenvalue weighted by Gasteiger charge is -2.19. The van der Waals surface area contributed by atoms with Crippen LogP contribution in [-0.4, -0.2) is 49.3 Å². The summed E-state index contributed by atoms with van der Waals surface area (Å²) in [5, 5.41) is 0. The normalized spacial score (nSPS) is 13.9. The van der Waals surface area contributed by atoms with Crippen molar-refractivity contribution in [3.8, 4) is 0 Å². The Bertz CT molecular complexity index is 1090. The number of nitrogens with two attached hydrogens (primary N) is 1. The summed E-state index contributed by atoms with van der Waals surface area (Å²) in [5.74, 6) is -0.866. The number of ether oxygens (including phenoxy) is 2. The molecule has 0 bridgehead atoms. The van der Waals surface area contributed by atoms with Crippen molar-refractivity contribution in [3.63, 3.8) is 0 Å². The Morgan fingerprint density at radius 1 is 0.564 bits per heavy atom. The highest BCUT2D eigenvalue weighted by Gasteiger charge is 2.26. The molecule has 3 N–H and O–H groups in total. The van der Waals surface area contributed by atoms with E-state index in [1.165, 1.54) is 77.0 Å². The first kappa shape index (κ1) is 52.7. The molecule has 0 spiro atoms. The van der Waals surface area contributed by atoms with Gasteiger partial charge in [0.25, 0.3) is 0 Å². The number of phosphoric acid groups is 1. The number of rotatable bonds is 40. The van der Waals surface area contributed by atoms with E-state index in [0.29, 0.717) is 6.42 Å². The van der Waals surface area contributed by atoms with Crippen LogP contribution in [0.5, 0.6) is 0 Å². The summed E-state index contributed by atoms with van der Waals surface area (Å²) in [4.78, 5) is 34.9. The van der Waals surface area contributed by atoms with Gasteiger partial charge >= 0.3 is 19.8 Å². The van der Waals surface area contributed by atoms with Gasteiger partial charge in [-0.2, -0.15) is 0 Å². The molecule has 9 nitrogen and oxygen atoms in total. The standard InChI is InChI=1S/C45H80NO8P/c1-3-5-7-9-11-13-15-17-19-20-21-22-24-26-28-30-32-34-36-38-45(48)54-43(42-53-55(49,50)52-40-39-46)41-51-44(47)37-35-33-31-29-27-25-23-18-16-14-12-10-8-6-4-2/h5,7,11,13,17,19,21-22,26,28,43H,3-4,6,8-10,12,14-16,18,20,23-25,27,29-42,46H2,1-2H3,(H,49,50)/b7-5-,13-11-,19-17-,22-21-,28-26-. The van der Waals surface area contributed by atoms with Gasteiger partial charge in [0.15, 0.2) is 6.10 Å². The Kier molecular flexibility index (Phi) is 39.6. The van der Waals surface area contributed by atoms with Crippen LogP contribution in [0.4, 0.5) is 0 Å². The molecule has 0 heterocycles. The fourth-order valence-electron chi connectivity index (χ4n) is 5.72. The lowest BCUT2D eigenvalue weighted by Crippen LogP contribution is -2.29. The highest BCUT2D eigenvalue weighted by Crippen LogP contribution is 2.43. The first-order valence-corrected chi connectivity index (χ1v) is 23.3. The highest BCUT2D eigenvalue weighted by molar-refractivity contribution is 7.47. The molecule has 0 aliphatic heterocycles. The van der Waals surface area contributed by atoms with Crippen molar-refractivity contribution in [2.45, 2.75) is 187 Å². The van der Waals surface area contributed by atoms with Crippen LogP contribution in [0.1, 0.15) is 181 Å². The molecule has 10 heteroatoms. The van der Waals surface area contributed by atoms with Gasteiger partial charge in [-0.25, -0.2) is 4.57 Å². The van der Waals surface area contributed by atoms with Gasteiger partial charge in [-0.15, -0.1) is 0 Å². The molecule has 0 saturated carbocycles. The fraction of sp³-hybridized carbons (Fsp3) is 0.733. The maximum Gasteiger partial charge on any atom is 0.472 e. The number of phosphoric ester groups is 1. The van der Waals surface area contributed by atoms with Crippen LogP contribution in [0.25, 0.3) is 0 Å². The van der Waals surface area contributed by atoms with Gasteiger partial charge in [-0.1, -0.05) is 171 Å². The molecule has 0 radical (unpaired) electrons. The van der Waals surface area contributed by atoms with E-state index < -0.39 is 32.5 Å². The predicted molar refractivity (Wildman–Crippen MR) is 229 cm³/mol. The van der Waals surface area contributed by atoms with Gasteiger partial charge in [0.05, 0.1) is 13.2 Å². The molecule has 2 unspecified atom stereocenters. The first-order valence-electron chi connectivity index (χ1n) is 21.8. The van der Waals surface area contributed by atoms with Crippen molar-refractivity contribution >= 4 is 19.8 Å². The van der Waals surface area contributed by atoms with Crippen LogP contribution in [0.15, 0.2) is 60.8 Å². The summed E-state index contributed by atoms with van der Waals surface area (Å²) in [5.41, 5.74) is 5.34. The topological polar surface area (TPSA) is 134 Å². The largest absolute Gasteiger partial charge is 0.472 e. The molecule has 0 rings (SSSR count). The van der Waals surface area contributed by atoms with E-state index in [-0.39, 0.29) is 32.6 Å². The lowest BCUT2D eigenvalue weighted by molar-refractivity contribution is -0.161. The SMILES string of the molecule is CC/C=C\C/C=C\C/C=C\C/C=C\C/C=C\CCCCCC(=O)OC(COC(=O)CCCCCCCCCCCCCCCCC)COP(=O)(O)OCCN. The van der Waals surface area contributed by atoms with Gasteiger partial charge in [-0.05, 0) is 57.8 Å². The number of allylic oxidation sites excluding steroid dienone is 10. The van der Waals surface area contributed by atoms with Crippen molar-refractivity contribution in [3.05, 3.63) is 60.8 Å². The summed E-state index contributed by atoms with van der Waals surface area (Å²) >= 11 is 0. The fourth-order valence-corrected chi connectivity index (χ4v) is 6.48. The van der Waals surface area contributed by atoms with E-state index in [1.54, 1.807) is 0 Å². The Morgan fingerprint density at radius 2 is 1.00 bits per heavy atom. The molecule has 55 heavy (non-hydrogen) atoms. The Labute approximate surface area is 336 Å². The van der Waals surface area contributed by atoms with Crippen LogP contribution in [-0.2, 0) is 32.7 Å². The molecule has 2 atom stereocenters. The number of hydrogen-bond acceptors (Lipinski definition) is 8.